The third-order valence-electron chi connectivity index (χ3n) is 4.78. The standard InChI is InChI=1S/C16H29N3/c1-5-15(6-2)19-10-9-14(18-19)11-16(17-4)12(3)13-7-8-13/h9-10,12-13,15-17H,5-8,11H2,1-4H3. The van der Waals surface area contributed by atoms with Crippen molar-refractivity contribution in [3.8, 4) is 0 Å². The smallest absolute Gasteiger partial charge is 0.0640 e. The van der Waals surface area contributed by atoms with Crippen LogP contribution in [0.2, 0.25) is 0 Å². The van der Waals surface area contributed by atoms with Gasteiger partial charge in [-0.05, 0) is 50.6 Å². The topological polar surface area (TPSA) is 29.9 Å². The summed E-state index contributed by atoms with van der Waals surface area (Å²) in [5.41, 5.74) is 1.23. The molecule has 2 unspecified atom stereocenters. The maximum absolute atomic E-state index is 4.78. The number of nitrogens with zero attached hydrogens (tertiary/aromatic N) is 2. The largest absolute Gasteiger partial charge is 0.316 e. The van der Waals surface area contributed by atoms with Crippen LogP contribution in [0.4, 0.5) is 0 Å². The number of hydrogen-bond acceptors (Lipinski definition) is 2. The predicted octanol–water partition coefficient (Wildman–Crippen LogP) is 3.42. The lowest BCUT2D eigenvalue weighted by atomic mass is 9.93. The van der Waals surface area contributed by atoms with E-state index in [1.165, 1.54) is 18.5 Å². The third kappa shape index (κ3) is 3.59. The summed E-state index contributed by atoms with van der Waals surface area (Å²) >= 11 is 0. The molecule has 1 fully saturated rings. The van der Waals surface area contributed by atoms with E-state index < -0.39 is 0 Å². The highest BCUT2D eigenvalue weighted by Crippen LogP contribution is 2.38. The molecule has 3 heteroatoms. The van der Waals surface area contributed by atoms with Crippen molar-refractivity contribution in [2.24, 2.45) is 11.8 Å². The molecule has 1 saturated carbocycles. The molecule has 0 saturated heterocycles. The van der Waals surface area contributed by atoms with E-state index in [1.807, 2.05) is 0 Å². The average Bonchev–Trinajstić information content (AvgIpc) is 3.18. The third-order valence-corrected chi connectivity index (χ3v) is 4.78. The fourth-order valence-electron chi connectivity index (χ4n) is 3.08. The first kappa shape index (κ1) is 14.6. The lowest BCUT2D eigenvalue weighted by molar-refractivity contribution is 0.352. The van der Waals surface area contributed by atoms with Crippen LogP contribution >= 0.6 is 0 Å². The molecule has 2 atom stereocenters. The second-order valence-electron chi connectivity index (χ2n) is 6.05. The van der Waals surface area contributed by atoms with Gasteiger partial charge in [0, 0.05) is 18.7 Å². The fourth-order valence-corrected chi connectivity index (χ4v) is 3.08. The maximum atomic E-state index is 4.78. The van der Waals surface area contributed by atoms with Gasteiger partial charge in [-0.15, -0.1) is 0 Å². The van der Waals surface area contributed by atoms with Crippen LogP contribution in [-0.2, 0) is 6.42 Å². The van der Waals surface area contributed by atoms with Gasteiger partial charge in [0.2, 0.25) is 0 Å². The summed E-state index contributed by atoms with van der Waals surface area (Å²) in [7, 11) is 2.08. The molecule has 1 aliphatic carbocycles. The van der Waals surface area contributed by atoms with Gasteiger partial charge in [-0.1, -0.05) is 20.8 Å². The molecule has 1 aromatic heterocycles. The Morgan fingerprint density at radius 2 is 2.05 bits per heavy atom. The Hall–Kier alpha value is -0.830. The Labute approximate surface area is 117 Å². The molecule has 0 radical (unpaired) electrons. The Bertz CT molecular complexity index is 377. The molecule has 2 rings (SSSR count). The zero-order valence-corrected chi connectivity index (χ0v) is 12.9. The van der Waals surface area contributed by atoms with Gasteiger partial charge in [0.1, 0.15) is 0 Å². The van der Waals surface area contributed by atoms with Crippen LogP contribution in [0.25, 0.3) is 0 Å². The first-order valence-electron chi connectivity index (χ1n) is 7.90. The van der Waals surface area contributed by atoms with Gasteiger partial charge in [0.25, 0.3) is 0 Å². The summed E-state index contributed by atoms with van der Waals surface area (Å²) in [6.07, 6.45) is 8.36. The summed E-state index contributed by atoms with van der Waals surface area (Å²) in [5, 5.41) is 8.27. The van der Waals surface area contributed by atoms with Crippen LogP contribution in [0.1, 0.15) is 58.2 Å². The van der Waals surface area contributed by atoms with E-state index >= 15 is 0 Å². The minimum Gasteiger partial charge on any atom is -0.316 e. The van der Waals surface area contributed by atoms with Crippen molar-refractivity contribution in [2.75, 3.05) is 7.05 Å². The van der Waals surface area contributed by atoms with Crippen molar-refractivity contribution in [3.05, 3.63) is 18.0 Å². The lowest BCUT2D eigenvalue weighted by Crippen LogP contribution is -2.35. The number of nitrogens with one attached hydrogen (secondary N) is 1. The normalized spacial score (nSPS) is 18.8. The molecule has 1 N–H and O–H groups in total. The summed E-state index contributed by atoms with van der Waals surface area (Å²) < 4.78 is 2.16. The van der Waals surface area contributed by atoms with Crippen molar-refractivity contribution in [2.45, 2.75) is 65.0 Å². The average molecular weight is 263 g/mol. The summed E-state index contributed by atoms with van der Waals surface area (Å²) in [4.78, 5) is 0. The highest BCUT2D eigenvalue weighted by Gasteiger charge is 2.32. The number of rotatable bonds is 8. The summed E-state index contributed by atoms with van der Waals surface area (Å²) in [5.74, 6) is 1.71. The zero-order valence-electron chi connectivity index (χ0n) is 12.9. The molecular formula is C16H29N3. The highest BCUT2D eigenvalue weighted by atomic mass is 15.3. The van der Waals surface area contributed by atoms with Crippen LogP contribution < -0.4 is 5.32 Å². The van der Waals surface area contributed by atoms with E-state index in [2.05, 4.69) is 50.1 Å². The maximum Gasteiger partial charge on any atom is 0.0640 e. The molecular weight excluding hydrogens is 234 g/mol. The second-order valence-corrected chi connectivity index (χ2v) is 6.05. The Balaban J connectivity index is 1.97. The monoisotopic (exact) mass is 263 g/mol. The molecule has 0 spiro atoms. The molecule has 1 aliphatic rings. The van der Waals surface area contributed by atoms with Gasteiger partial charge in [-0.2, -0.15) is 5.10 Å². The van der Waals surface area contributed by atoms with Gasteiger partial charge in [-0.25, -0.2) is 0 Å². The first-order chi connectivity index (χ1) is 9.19. The van der Waals surface area contributed by atoms with E-state index in [0.717, 1.165) is 31.1 Å². The molecule has 3 nitrogen and oxygen atoms in total. The molecule has 108 valence electrons. The van der Waals surface area contributed by atoms with Gasteiger partial charge >= 0.3 is 0 Å². The predicted molar refractivity (Wildman–Crippen MR) is 80.3 cm³/mol. The Morgan fingerprint density at radius 1 is 1.37 bits per heavy atom. The molecule has 0 amide bonds. The minimum atomic E-state index is 0.558. The summed E-state index contributed by atoms with van der Waals surface area (Å²) in [6, 6.07) is 3.32. The van der Waals surface area contributed by atoms with Gasteiger partial charge in [-0.3, -0.25) is 4.68 Å². The van der Waals surface area contributed by atoms with Crippen LogP contribution in [-0.4, -0.2) is 22.9 Å². The number of aromatic nitrogens is 2. The first-order valence-corrected chi connectivity index (χ1v) is 7.90. The van der Waals surface area contributed by atoms with E-state index in [0.29, 0.717) is 12.1 Å². The van der Waals surface area contributed by atoms with Crippen LogP contribution in [0, 0.1) is 11.8 Å². The summed E-state index contributed by atoms with van der Waals surface area (Å²) in [6.45, 7) is 6.86. The zero-order chi connectivity index (χ0) is 13.8. The fraction of sp³-hybridized carbons (Fsp3) is 0.812. The van der Waals surface area contributed by atoms with Crippen LogP contribution in [0.3, 0.4) is 0 Å². The van der Waals surface area contributed by atoms with E-state index in [1.54, 1.807) is 0 Å². The molecule has 0 aromatic carbocycles. The number of likely N-dealkylation sites (N-methyl/N-ethyl adjacent to an activating group) is 1. The van der Waals surface area contributed by atoms with Crippen molar-refractivity contribution < 1.29 is 0 Å². The van der Waals surface area contributed by atoms with Crippen molar-refractivity contribution in [1.29, 1.82) is 0 Å². The van der Waals surface area contributed by atoms with Crippen molar-refractivity contribution in [1.82, 2.24) is 15.1 Å². The quantitative estimate of drug-likeness (QED) is 0.779. The number of hydrogen-bond donors (Lipinski definition) is 1. The molecule has 19 heavy (non-hydrogen) atoms. The lowest BCUT2D eigenvalue weighted by Gasteiger charge is -2.22. The minimum absolute atomic E-state index is 0.558. The molecule has 1 heterocycles. The van der Waals surface area contributed by atoms with E-state index in [-0.39, 0.29) is 0 Å². The highest BCUT2D eigenvalue weighted by molar-refractivity contribution is 5.04. The Kier molecular flexibility index (Phi) is 5.03. The van der Waals surface area contributed by atoms with E-state index in [4.69, 9.17) is 5.10 Å². The second kappa shape index (κ2) is 6.56. The molecule has 0 bridgehead atoms. The van der Waals surface area contributed by atoms with E-state index in [9.17, 15) is 0 Å². The van der Waals surface area contributed by atoms with Gasteiger partial charge in [0.15, 0.2) is 0 Å². The molecule has 1 aromatic rings. The molecule has 0 aliphatic heterocycles. The SMILES string of the molecule is CCC(CC)n1ccc(CC(NC)C(C)C2CC2)n1. The van der Waals surface area contributed by atoms with Gasteiger partial charge < -0.3 is 5.32 Å². The van der Waals surface area contributed by atoms with Crippen LogP contribution in [0.15, 0.2) is 12.3 Å². The van der Waals surface area contributed by atoms with Crippen LogP contribution in [0.5, 0.6) is 0 Å². The van der Waals surface area contributed by atoms with Gasteiger partial charge in [0.05, 0.1) is 11.7 Å². The Morgan fingerprint density at radius 3 is 2.58 bits per heavy atom. The van der Waals surface area contributed by atoms with Crippen molar-refractivity contribution >= 4 is 0 Å². The van der Waals surface area contributed by atoms with Crippen molar-refractivity contribution in [3.63, 3.8) is 0 Å².